The van der Waals surface area contributed by atoms with Gasteiger partial charge in [0.25, 0.3) is 0 Å². The van der Waals surface area contributed by atoms with E-state index in [1.807, 2.05) is 0 Å². The number of carbonyl (C=O) groups is 1. The third-order valence-electron chi connectivity index (χ3n) is 4.58. The van der Waals surface area contributed by atoms with E-state index in [0.717, 1.165) is 19.5 Å². The maximum Gasteiger partial charge on any atom is 0.226 e. The first kappa shape index (κ1) is 12.9. The van der Waals surface area contributed by atoms with Crippen LogP contribution < -0.4 is 5.32 Å². The minimum Gasteiger partial charge on any atom is -0.335 e. The van der Waals surface area contributed by atoms with Crippen molar-refractivity contribution >= 4 is 5.91 Å². The molecule has 0 aromatic rings. The van der Waals surface area contributed by atoms with Gasteiger partial charge in [0.1, 0.15) is 0 Å². The zero-order valence-corrected chi connectivity index (χ0v) is 11.6. The fourth-order valence-electron chi connectivity index (χ4n) is 2.94. The van der Waals surface area contributed by atoms with Gasteiger partial charge >= 0.3 is 0 Å². The molecule has 3 nitrogen and oxygen atoms in total. The second-order valence-corrected chi connectivity index (χ2v) is 6.71. The van der Waals surface area contributed by atoms with Gasteiger partial charge in [-0.05, 0) is 31.2 Å². The Kier molecular flexibility index (Phi) is 3.48. The summed E-state index contributed by atoms with van der Waals surface area (Å²) in [6.45, 7) is 10.6. The first-order chi connectivity index (χ1) is 7.91. The molecule has 2 bridgehead atoms. The zero-order chi connectivity index (χ0) is 12.6. The topological polar surface area (TPSA) is 32.3 Å². The van der Waals surface area contributed by atoms with Crippen molar-refractivity contribution in [1.29, 1.82) is 0 Å². The van der Waals surface area contributed by atoms with Gasteiger partial charge in [-0.25, -0.2) is 0 Å². The number of rotatable bonds is 1. The average molecular weight is 238 g/mol. The molecule has 0 radical (unpaired) electrons. The minimum absolute atomic E-state index is 0.0657. The fraction of sp³-hybridized carbons (Fsp3) is 0.929. The molecule has 3 unspecified atom stereocenters. The predicted molar refractivity (Wildman–Crippen MR) is 69.8 cm³/mol. The summed E-state index contributed by atoms with van der Waals surface area (Å²) in [6.07, 6.45) is 3.51. The van der Waals surface area contributed by atoms with Crippen molar-refractivity contribution in [2.75, 3.05) is 13.1 Å². The highest BCUT2D eigenvalue weighted by molar-refractivity contribution is 5.80. The summed E-state index contributed by atoms with van der Waals surface area (Å²) >= 11 is 0. The first-order valence-electron chi connectivity index (χ1n) is 6.94. The monoisotopic (exact) mass is 238 g/mol. The lowest BCUT2D eigenvalue weighted by Crippen LogP contribution is -2.47. The molecule has 17 heavy (non-hydrogen) atoms. The van der Waals surface area contributed by atoms with E-state index in [1.54, 1.807) is 0 Å². The second kappa shape index (κ2) is 4.60. The summed E-state index contributed by atoms with van der Waals surface area (Å²) in [5.74, 6) is 0.484. The number of hydrogen-bond donors (Lipinski definition) is 1. The van der Waals surface area contributed by atoms with Gasteiger partial charge in [-0.1, -0.05) is 27.7 Å². The number of nitrogens with one attached hydrogen (secondary N) is 1. The van der Waals surface area contributed by atoms with E-state index in [1.165, 1.54) is 12.8 Å². The fourth-order valence-corrected chi connectivity index (χ4v) is 2.94. The van der Waals surface area contributed by atoms with Crippen LogP contribution in [0.25, 0.3) is 0 Å². The van der Waals surface area contributed by atoms with Gasteiger partial charge in [0.15, 0.2) is 0 Å². The number of carbonyl (C=O) groups excluding carboxylic acids is 1. The van der Waals surface area contributed by atoms with E-state index >= 15 is 0 Å². The summed E-state index contributed by atoms with van der Waals surface area (Å²) in [7, 11) is 0. The Labute approximate surface area is 105 Å². The van der Waals surface area contributed by atoms with Gasteiger partial charge in [-0.15, -0.1) is 0 Å². The van der Waals surface area contributed by atoms with Crippen molar-refractivity contribution in [1.82, 2.24) is 10.2 Å². The molecule has 0 spiro atoms. The Balaban J connectivity index is 2.13. The standard InChI is InChI=1S/C14H26N2O/c1-10(14(2,3)4)13(17)16-11-5-6-12(16)9-15-8-7-11/h10-12,15H,5-9H2,1-4H3. The van der Waals surface area contributed by atoms with E-state index in [9.17, 15) is 4.79 Å². The maximum absolute atomic E-state index is 12.7. The van der Waals surface area contributed by atoms with Crippen molar-refractivity contribution in [2.45, 2.75) is 59.0 Å². The van der Waals surface area contributed by atoms with Crippen molar-refractivity contribution in [3.8, 4) is 0 Å². The first-order valence-corrected chi connectivity index (χ1v) is 6.94. The van der Waals surface area contributed by atoms with Gasteiger partial charge in [-0.3, -0.25) is 4.79 Å². The van der Waals surface area contributed by atoms with Gasteiger partial charge < -0.3 is 10.2 Å². The molecule has 2 fully saturated rings. The normalized spacial score (nSPS) is 31.2. The lowest BCUT2D eigenvalue weighted by molar-refractivity contribution is -0.141. The molecule has 2 aliphatic rings. The summed E-state index contributed by atoms with van der Waals surface area (Å²) in [6, 6.07) is 0.937. The molecule has 98 valence electrons. The van der Waals surface area contributed by atoms with Gasteiger partial charge in [0.2, 0.25) is 5.91 Å². The van der Waals surface area contributed by atoms with Gasteiger partial charge in [-0.2, -0.15) is 0 Å². The molecule has 3 atom stereocenters. The third-order valence-corrected chi connectivity index (χ3v) is 4.58. The SMILES string of the molecule is CC(C(=O)N1C2CCNCC1CC2)C(C)(C)C. The lowest BCUT2D eigenvalue weighted by atomic mass is 9.81. The van der Waals surface area contributed by atoms with Crippen LogP contribution >= 0.6 is 0 Å². The van der Waals surface area contributed by atoms with Crippen LogP contribution in [0.3, 0.4) is 0 Å². The Bertz CT molecular complexity index is 281. The highest BCUT2D eigenvalue weighted by atomic mass is 16.2. The quantitative estimate of drug-likeness (QED) is 0.758. The van der Waals surface area contributed by atoms with Crippen LogP contribution in [-0.4, -0.2) is 36.0 Å². The van der Waals surface area contributed by atoms with Crippen LogP contribution in [0.4, 0.5) is 0 Å². The number of fused-ring (bicyclic) bond motifs is 2. The molecule has 2 rings (SSSR count). The zero-order valence-electron chi connectivity index (χ0n) is 11.6. The van der Waals surface area contributed by atoms with Crippen LogP contribution in [0.1, 0.15) is 47.0 Å². The summed E-state index contributed by atoms with van der Waals surface area (Å²) in [5.41, 5.74) is 0.0657. The van der Waals surface area contributed by atoms with E-state index < -0.39 is 0 Å². The molecule has 0 aliphatic carbocycles. The Hall–Kier alpha value is -0.570. The summed E-state index contributed by atoms with van der Waals surface area (Å²) in [4.78, 5) is 14.9. The predicted octanol–water partition coefficient (Wildman–Crippen LogP) is 2.02. The van der Waals surface area contributed by atoms with E-state index in [4.69, 9.17) is 0 Å². The minimum atomic E-state index is 0.0657. The number of nitrogens with zero attached hydrogens (tertiary/aromatic N) is 1. The molecular formula is C14H26N2O. The molecular weight excluding hydrogens is 212 g/mol. The van der Waals surface area contributed by atoms with Gasteiger partial charge in [0.05, 0.1) is 0 Å². The van der Waals surface area contributed by atoms with Crippen molar-refractivity contribution in [2.24, 2.45) is 11.3 Å². The number of hydrogen-bond acceptors (Lipinski definition) is 2. The van der Waals surface area contributed by atoms with Crippen LogP contribution in [0.2, 0.25) is 0 Å². The Morgan fingerprint density at radius 1 is 1.24 bits per heavy atom. The molecule has 3 heteroatoms. The van der Waals surface area contributed by atoms with E-state index in [2.05, 4.69) is 37.9 Å². The third kappa shape index (κ3) is 2.49. The molecule has 0 saturated carbocycles. The average Bonchev–Trinajstić information content (AvgIpc) is 2.48. The molecule has 0 aromatic heterocycles. The maximum atomic E-state index is 12.7. The smallest absolute Gasteiger partial charge is 0.226 e. The number of amides is 1. The van der Waals surface area contributed by atoms with Crippen LogP contribution in [-0.2, 0) is 4.79 Å². The van der Waals surface area contributed by atoms with Crippen LogP contribution in [0.15, 0.2) is 0 Å². The van der Waals surface area contributed by atoms with Crippen LogP contribution in [0.5, 0.6) is 0 Å². The van der Waals surface area contributed by atoms with Crippen molar-refractivity contribution < 1.29 is 4.79 Å². The lowest BCUT2D eigenvalue weighted by Gasteiger charge is -2.35. The largest absolute Gasteiger partial charge is 0.335 e. The van der Waals surface area contributed by atoms with Gasteiger partial charge in [0, 0.05) is 24.5 Å². The Morgan fingerprint density at radius 2 is 1.88 bits per heavy atom. The molecule has 2 heterocycles. The van der Waals surface area contributed by atoms with Crippen molar-refractivity contribution in [3.05, 3.63) is 0 Å². The van der Waals surface area contributed by atoms with E-state index in [-0.39, 0.29) is 11.3 Å². The molecule has 0 aromatic carbocycles. The Morgan fingerprint density at radius 3 is 2.53 bits per heavy atom. The highest BCUT2D eigenvalue weighted by Gasteiger charge is 2.41. The molecule has 1 amide bonds. The molecule has 2 saturated heterocycles. The van der Waals surface area contributed by atoms with Crippen LogP contribution in [0, 0.1) is 11.3 Å². The van der Waals surface area contributed by atoms with Crippen molar-refractivity contribution in [3.63, 3.8) is 0 Å². The summed E-state index contributed by atoms with van der Waals surface area (Å²) in [5, 5.41) is 3.45. The summed E-state index contributed by atoms with van der Waals surface area (Å²) < 4.78 is 0. The molecule has 1 N–H and O–H groups in total. The highest BCUT2D eigenvalue weighted by Crippen LogP contribution is 2.34. The second-order valence-electron chi connectivity index (χ2n) is 6.71. The van der Waals surface area contributed by atoms with E-state index in [0.29, 0.717) is 18.0 Å². The molecule has 2 aliphatic heterocycles.